The standard InChI is InChI=1S/C25H25F3N6O.C2H6.2H2/c1-16-20(17(2)30-14-18-7-8-22(31-15-18)25(26,27)28)5-4-6-21(16)35-19-9-11-29-23(13-19)33-24-10-12-32-34(24)3;1-2;;/h4-11,13,15,30,32H,2,12,14H2,1,3H3,(H,29,33);1-2H3;2*1H. The highest BCUT2D eigenvalue weighted by atomic mass is 19.4. The first kappa shape index (κ1) is 27.5. The zero-order valence-corrected chi connectivity index (χ0v) is 21.3. The van der Waals surface area contributed by atoms with E-state index in [9.17, 15) is 13.2 Å². The predicted octanol–water partition coefficient (Wildman–Crippen LogP) is 6.58. The Labute approximate surface area is 218 Å². The summed E-state index contributed by atoms with van der Waals surface area (Å²) >= 11 is 0. The predicted molar refractivity (Wildman–Crippen MR) is 144 cm³/mol. The van der Waals surface area contributed by atoms with Crippen molar-refractivity contribution in [3.05, 3.63) is 95.7 Å². The van der Waals surface area contributed by atoms with Crippen LogP contribution in [0, 0.1) is 6.92 Å². The van der Waals surface area contributed by atoms with Crippen LogP contribution >= 0.6 is 0 Å². The Morgan fingerprint density at radius 3 is 2.62 bits per heavy atom. The van der Waals surface area contributed by atoms with Crippen molar-refractivity contribution in [1.82, 2.24) is 25.7 Å². The lowest BCUT2D eigenvalue weighted by Gasteiger charge is -2.18. The molecular formula is C27H35F3N6O. The molecule has 1 aromatic carbocycles. The van der Waals surface area contributed by atoms with Gasteiger partial charge in [-0.1, -0.05) is 38.6 Å². The van der Waals surface area contributed by atoms with Crippen molar-refractivity contribution in [2.45, 2.75) is 33.5 Å². The molecule has 0 unspecified atom stereocenters. The lowest BCUT2D eigenvalue weighted by atomic mass is 10.1. The van der Waals surface area contributed by atoms with Gasteiger partial charge in [-0.15, -0.1) is 0 Å². The van der Waals surface area contributed by atoms with Crippen molar-refractivity contribution in [2.75, 3.05) is 18.9 Å². The first-order valence-electron chi connectivity index (χ1n) is 11.8. The van der Waals surface area contributed by atoms with Crippen LogP contribution in [0.4, 0.5) is 19.0 Å². The zero-order chi connectivity index (χ0) is 27.0. The maximum atomic E-state index is 12.7. The number of aromatic nitrogens is 2. The molecule has 0 fully saturated rings. The van der Waals surface area contributed by atoms with Gasteiger partial charge in [-0.05, 0) is 36.8 Å². The van der Waals surface area contributed by atoms with Crippen molar-refractivity contribution in [1.29, 1.82) is 0 Å². The molecule has 7 nitrogen and oxygen atoms in total. The molecule has 0 spiro atoms. The van der Waals surface area contributed by atoms with Crippen molar-refractivity contribution in [3.63, 3.8) is 0 Å². The molecule has 0 radical (unpaired) electrons. The summed E-state index contributed by atoms with van der Waals surface area (Å²) in [6.07, 6.45) is 0.431. The van der Waals surface area contributed by atoms with Crippen LogP contribution in [0.25, 0.3) is 5.70 Å². The van der Waals surface area contributed by atoms with Crippen molar-refractivity contribution in [2.24, 2.45) is 0 Å². The van der Waals surface area contributed by atoms with Crippen molar-refractivity contribution >= 4 is 11.5 Å². The number of nitrogens with one attached hydrogen (secondary N) is 3. The topological polar surface area (TPSA) is 74.3 Å². The second kappa shape index (κ2) is 12.3. The van der Waals surface area contributed by atoms with Crippen LogP contribution in [0.3, 0.4) is 0 Å². The van der Waals surface area contributed by atoms with Gasteiger partial charge in [-0.25, -0.2) is 10.4 Å². The molecule has 0 amide bonds. The number of rotatable bonds is 8. The molecule has 0 atom stereocenters. The molecule has 0 saturated heterocycles. The van der Waals surface area contributed by atoms with Gasteiger partial charge in [0.05, 0.1) is 0 Å². The van der Waals surface area contributed by atoms with Crippen LogP contribution in [-0.4, -0.2) is 28.6 Å². The van der Waals surface area contributed by atoms with Crippen LogP contribution in [-0.2, 0) is 12.7 Å². The third-order valence-corrected chi connectivity index (χ3v) is 5.43. The van der Waals surface area contributed by atoms with Crippen molar-refractivity contribution < 1.29 is 20.8 Å². The number of benzene rings is 1. The molecule has 3 N–H and O–H groups in total. The third kappa shape index (κ3) is 7.23. The third-order valence-electron chi connectivity index (χ3n) is 5.43. The highest BCUT2D eigenvalue weighted by molar-refractivity contribution is 5.67. The van der Waals surface area contributed by atoms with E-state index in [2.05, 4.69) is 32.6 Å². The Hall–Kier alpha value is -4.05. The average molecular weight is 517 g/mol. The molecule has 0 aliphatic carbocycles. The van der Waals surface area contributed by atoms with Gasteiger partial charge in [0.15, 0.2) is 0 Å². The summed E-state index contributed by atoms with van der Waals surface area (Å²) in [6, 6.07) is 11.6. The fourth-order valence-electron chi connectivity index (χ4n) is 3.49. The second-order valence-electron chi connectivity index (χ2n) is 7.92. The minimum absolute atomic E-state index is 0. The van der Waals surface area contributed by atoms with E-state index < -0.39 is 11.9 Å². The fraction of sp³-hybridized carbons (Fsp3) is 0.259. The van der Waals surface area contributed by atoms with E-state index in [1.807, 2.05) is 63.2 Å². The first-order chi connectivity index (χ1) is 17.7. The van der Waals surface area contributed by atoms with Gasteiger partial charge in [-0.3, -0.25) is 9.99 Å². The van der Waals surface area contributed by atoms with Gasteiger partial charge in [-0.2, -0.15) is 13.2 Å². The Bertz CT molecular complexity index is 1250. The second-order valence-corrected chi connectivity index (χ2v) is 7.92. The zero-order valence-electron chi connectivity index (χ0n) is 21.3. The molecule has 200 valence electrons. The van der Waals surface area contributed by atoms with Crippen molar-refractivity contribution in [3.8, 4) is 11.5 Å². The van der Waals surface area contributed by atoms with E-state index in [0.29, 0.717) is 28.6 Å². The molecule has 0 saturated carbocycles. The fourth-order valence-corrected chi connectivity index (χ4v) is 3.49. The van der Waals surface area contributed by atoms with Crippen LogP contribution < -0.4 is 20.8 Å². The number of hydrazine groups is 1. The minimum atomic E-state index is -4.46. The lowest BCUT2D eigenvalue weighted by Crippen LogP contribution is -2.30. The number of hydrogen-bond donors (Lipinski definition) is 3. The number of halogens is 3. The van der Waals surface area contributed by atoms with Gasteiger partial charge >= 0.3 is 6.18 Å². The SMILES string of the molecule is C=C(NCc1ccc(C(F)(F)F)nc1)c1cccc(Oc2ccnc(NC3=CCNN3C)c2)c1C.CC.[HH].[HH]. The molecule has 3 heterocycles. The molecule has 37 heavy (non-hydrogen) atoms. The molecular weight excluding hydrogens is 481 g/mol. The Morgan fingerprint density at radius 2 is 1.97 bits per heavy atom. The average Bonchev–Trinajstić information content (AvgIpc) is 3.29. The van der Waals surface area contributed by atoms with E-state index in [-0.39, 0.29) is 9.40 Å². The summed E-state index contributed by atoms with van der Waals surface area (Å²) < 4.78 is 44.2. The van der Waals surface area contributed by atoms with Crippen LogP contribution in [0.15, 0.2) is 73.3 Å². The van der Waals surface area contributed by atoms with Crippen LogP contribution in [0.1, 0.15) is 39.1 Å². The van der Waals surface area contributed by atoms with E-state index in [4.69, 9.17) is 4.74 Å². The number of anilines is 1. The van der Waals surface area contributed by atoms with Gasteiger partial charge in [0, 0.05) is 58.3 Å². The normalized spacial score (nSPS) is 12.8. The molecule has 2 aromatic heterocycles. The molecule has 1 aliphatic heterocycles. The molecule has 3 aromatic rings. The number of pyridine rings is 2. The highest BCUT2D eigenvalue weighted by Gasteiger charge is 2.32. The maximum Gasteiger partial charge on any atom is 0.433 e. The summed E-state index contributed by atoms with van der Waals surface area (Å²) in [5.74, 6) is 2.82. The van der Waals surface area contributed by atoms with Gasteiger partial charge in [0.1, 0.15) is 28.8 Å². The molecule has 1 aliphatic rings. The first-order valence-corrected chi connectivity index (χ1v) is 11.8. The molecule has 4 rings (SSSR count). The van der Waals surface area contributed by atoms with Crippen LogP contribution in [0.5, 0.6) is 11.5 Å². The Kier molecular flexibility index (Phi) is 9.13. The largest absolute Gasteiger partial charge is 0.457 e. The molecule has 0 bridgehead atoms. The number of hydrogen-bond acceptors (Lipinski definition) is 7. The summed E-state index contributed by atoms with van der Waals surface area (Å²) in [7, 11) is 1.91. The van der Waals surface area contributed by atoms with Gasteiger partial charge in [0.2, 0.25) is 0 Å². The summed E-state index contributed by atoms with van der Waals surface area (Å²) in [5, 5.41) is 8.27. The lowest BCUT2D eigenvalue weighted by molar-refractivity contribution is -0.141. The Morgan fingerprint density at radius 1 is 1.19 bits per heavy atom. The van der Waals surface area contributed by atoms with E-state index in [1.165, 1.54) is 12.3 Å². The number of nitrogens with zero attached hydrogens (tertiary/aromatic N) is 3. The van der Waals surface area contributed by atoms with E-state index in [0.717, 1.165) is 29.6 Å². The summed E-state index contributed by atoms with van der Waals surface area (Å²) in [5.41, 5.74) is 5.16. The van der Waals surface area contributed by atoms with Crippen LogP contribution in [0.2, 0.25) is 0 Å². The summed E-state index contributed by atoms with van der Waals surface area (Å²) in [4.78, 5) is 7.83. The quantitative estimate of drug-likeness (QED) is 0.312. The smallest absolute Gasteiger partial charge is 0.433 e. The minimum Gasteiger partial charge on any atom is -0.457 e. The van der Waals surface area contributed by atoms with Gasteiger partial charge < -0.3 is 15.4 Å². The number of alkyl halides is 3. The van der Waals surface area contributed by atoms with Gasteiger partial charge in [0.25, 0.3) is 0 Å². The Balaban J connectivity index is 0.00000186. The molecule has 10 heteroatoms. The van der Waals surface area contributed by atoms with E-state index >= 15 is 0 Å². The highest BCUT2D eigenvalue weighted by Crippen LogP contribution is 2.31. The summed E-state index contributed by atoms with van der Waals surface area (Å²) in [6.45, 7) is 11.0. The maximum absolute atomic E-state index is 12.7. The van der Waals surface area contributed by atoms with E-state index in [1.54, 1.807) is 12.3 Å². The number of ether oxygens (including phenoxy) is 1. The monoisotopic (exact) mass is 516 g/mol.